The Labute approximate surface area is 172 Å². The Morgan fingerprint density at radius 1 is 1.04 bits per heavy atom. The van der Waals surface area contributed by atoms with Crippen LogP contribution in [0.25, 0.3) is 5.57 Å². The number of allylic oxidation sites excluding steroid dienone is 3. The van der Waals surface area contributed by atoms with E-state index in [1.165, 1.54) is 21.6 Å². The van der Waals surface area contributed by atoms with Crippen LogP contribution in [0.15, 0.2) is 53.9 Å². The number of thiophene rings is 1. The molecule has 0 aliphatic rings. The molecule has 1 aromatic carbocycles. The molecule has 1 heterocycles. The summed E-state index contributed by atoms with van der Waals surface area (Å²) in [4.78, 5) is 1.28. The molecule has 3 N–H and O–H groups in total. The Balaban J connectivity index is 2.01. The van der Waals surface area contributed by atoms with Crippen LogP contribution in [0.2, 0.25) is 0 Å². The Bertz CT molecular complexity index is 780. The van der Waals surface area contributed by atoms with Crippen molar-refractivity contribution in [2.24, 2.45) is 0 Å². The van der Waals surface area contributed by atoms with Crippen molar-refractivity contribution < 1.29 is 15.3 Å². The van der Waals surface area contributed by atoms with Crippen molar-refractivity contribution in [1.82, 2.24) is 0 Å². The average molecular weight is 401 g/mol. The maximum absolute atomic E-state index is 10.4. The predicted molar refractivity (Wildman–Crippen MR) is 118 cm³/mol. The number of aryl methyl sites for hydroxylation is 2. The van der Waals surface area contributed by atoms with E-state index >= 15 is 0 Å². The number of aliphatic hydroxyl groups is 3. The minimum absolute atomic E-state index is 0.519. The van der Waals surface area contributed by atoms with E-state index in [1.807, 2.05) is 38.1 Å². The summed E-state index contributed by atoms with van der Waals surface area (Å²) in [6, 6.07) is 9.68. The van der Waals surface area contributed by atoms with Crippen LogP contribution in [-0.2, 0) is 12.8 Å². The molecule has 0 fully saturated rings. The van der Waals surface area contributed by atoms with Crippen molar-refractivity contribution in [2.75, 3.05) is 0 Å². The third-order valence-corrected chi connectivity index (χ3v) is 6.31. The Morgan fingerprint density at radius 3 is 2.25 bits per heavy atom. The van der Waals surface area contributed by atoms with E-state index in [-0.39, 0.29) is 0 Å². The summed E-state index contributed by atoms with van der Waals surface area (Å²) in [5, 5.41) is 30.9. The molecule has 0 aliphatic heterocycles. The van der Waals surface area contributed by atoms with Crippen molar-refractivity contribution in [3.63, 3.8) is 0 Å². The van der Waals surface area contributed by atoms with Gasteiger partial charge in [0.05, 0.1) is 5.60 Å². The van der Waals surface area contributed by atoms with Crippen LogP contribution < -0.4 is 0 Å². The zero-order chi connectivity index (χ0) is 20.6. The van der Waals surface area contributed by atoms with Gasteiger partial charge in [0, 0.05) is 10.4 Å². The molecule has 4 heteroatoms. The van der Waals surface area contributed by atoms with Crippen molar-refractivity contribution in [2.45, 2.75) is 64.8 Å². The molecule has 2 rings (SSSR count). The summed E-state index contributed by atoms with van der Waals surface area (Å²) in [7, 11) is 0. The highest BCUT2D eigenvalue weighted by atomic mass is 32.1. The summed E-state index contributed by atoms with van der Waals surface area (Å²) in [6.45, 7) is 6.16. The largest absolute Gasteiger partial charge is 0.386 e. The lowest BCUT2D eigenvalue weighted by Crippen LogP contribution is -2.22. The van der Waals surface area contributed by atoms with E-state index in [9.17, 15) is 5.11 Å². The van der Waals surface area contributed by atoms with Gasteiger partial charge in [0.1, 0.15) is 0 Å². The van der Waals surface area contributed by atoms with Gasteiger partial charge in [-0.3, -0.25) is 0 Å². The molecule has 0 aliphatic carbocycles. The highest BCUT2D eigenvalue weighted by Gasteiger charge is 2.16. The van der Waals surface area contributed by atoms with Gasteiger partial charge < -0.3 is 15.3 Å². The molecule has 0 atom stereocenters. The molecule has 0 bridgehead atoms. The van der Waals surface area contributed by atoms with Gasteiger partial charge in [0.15, 0.2) is 6.29 Å². The second-order valence-electron chi connectivity index (χ2n) is 7.15. The van der Waals surface area contributed by atoms with Crippen molar-refractivity contribution >= 4 is 16.9 Å². The molecular formula is C24H32O3S. The first kappa shape index (κ1) is 22.6. The van der Waals surface area contributed by atoms with Crippen LogP contribution in [-0.4, -0.2) is 20.9 Å². The van der Waals surface area contributed by atoms with E-state index in [2.05, 4.69) is 24.4 Å². The fraction of sp³-hybridized carbons (Fsp3) is 0.417. The van der Waals surface area contributed by atoms with Gasteiger partial charge >= 0.3 is 0 Å². The standard InChI is InChI=1S/C24H32O3S/c1-4-20(8-7-15-24(27,5-2)6-3)22-16-19(17-28-22)10-9-18-11-13-21(14-12-18)23(25)26/h7-8,11-17,23,25-27H,4-6,9-10H2,1-3H3. The predicted octanol–water partition coefficient (Wildman–Crippen LogP) is 5.42. The topological polar surface area (TPSA) is 60.7 Å². The molecule has 0 amide bonds. The molecule has 0 spiro atoms. The van der Waals surface area contributed by atoms with Crippen molar-refractivity contribution in [3.05, 3.63) is 75.5 Å². The monoisotopic (exact) mass is 400 g/mol. The summed E-state index contributed by atoms with van der Waals surface area (Å²) in [5.74, 6) is 0. The van der Waals surface area contributed by atoms with Crippen LogP contribution >= 0.6 is 11.3 Å². The smallest absolute Gasteiger partial charge is 0.178 e. The molecule has 2 aromatic rings. The number of hydrogen-bond donors (Lipinski definition) is 3. The Kier molecular flexibility index (Phi) is 8.64. The molecule has 0 radical (unpaired) electrons. The minimum Gasteiger partial charge on any atom is -0.386 e. The summed E-state index contributed by atoms with van der Waals surface area (Å²) >= 11 is 1.76. The number of rotatable bonds is 10. The third-order valence-electron chi connectivity index (χ3n) is 5.26. The van der Waals surface area contributed by atoms with E-state index in [1.54, 1.807) is 23.5 Å². The van der Waals surface area contributed by atoms with Gasteiger partial charge in [-0.2, -0.15) is 0 Å². The zero-order valence-corrected chi connectivity index (χ0v) is 17.9. The van der Waals surface area contributed by atoms with E-state index in [0.717, 1.165) is 32.1 Å². The fourth-order valence-corrected chi connectivity index (χ4v) is 4.07. The SMILES string of the molecule is CCC(=CC=CC(O)(CC)CC)c1cc(CCc2ccc(C(O)O)cc2)cs1. The van der Waals surface area contributed by atoms with Crippen LogP contribution in [0.4, 0.5) is 0 Å². The normalized spacial score (nSPS) is 13.0. The Morgan fingerprint density at radius 2 is 1.68 bits per heavy atom. The first-order chi connectivity index (χ1) is 13.4. The summed E-state index contributed by atoms with van der Waals surface area (Å²) < 4.78 is 0. The van der Waals surface area contributed by atoms with Gasteiger partial charge in [-0.1, -0.05) is 63.3 Å². The lowest BCUT2D eigenvalue weighted by Gasteiger charge is -2.19. The van der Waals surface area contributed by atoms with Crippen molar-refractivity contribution in [3.8, 4) is 0 Å². The molecular weight excluding hydrogens is 368 g/mol. The lowest BCUT2D eigenvalue weighted by molar-refractivity contribution is -0.0424. The number of hydrogen-bond acceptors (Lipinski definition) is 4. The second-order valence-corrected chi connectivity index (χ2v) is 8.06. The molecule has 152 valence electrons. The first-order valence-electron chi connectivity index (χ1n) is 10.0. The molecule has 28 heavy (non-hydrogen) atoms. The van der Waals surface area contributed by atoms with Gasteiger partial charge in [0.25, 0.3) is 0 Å². The molecule has 1 aromatic heterocycles. The van der Waals surface area contributed by atoms with Gasteiger partial charge in [-0.15, -0.1) is 11.3 Å². The van der Waals surface area contributed by atoms with E-state index in [0.29, 0.717) is 5.56 Å². The van der Waals surface area contributed by atoms with Gasteiger partial charge in [-0.25, -0.2) is 0 Å². The van der Waals surface area contributed by atoms with Gasteiger partial charge in [0.2, 0.25) is 0 Å². The quantitative estimate of drug-likeness (QED) is 0.369. The third kappa shape index (κ3) is 6.42. The second kappa shape index (κ2) is 10.7. The fourth-order valence-electron chi connectivity index (χ4n) is 3.02. The first-order valence-corrected chi connectivity index (χ1v) is 10.9. The molecule has 0 unspecified atom stereocenters. The maximum atomic E-state index is 10.4. The molecule has 0 saturated carbocycles. The average Bonchev–Trinajstić information content (AvgIpc) is 3.18. The Hall–Kier alpha value is -1.72. The maximum Gasteiger partial charge on any atom is 0.178 e. The van der Waals surface area contributed by atoms with Crippen molar-refractivity contribution in [1.29, 1.82) is 0 Å². The summed E-state index contributed by atoms with van der Waals surface area (Å²) in [5.41, 5.74) is 3.59. The number of benzene rings is 1. The van der Waals surface area contributed by atoms with Crippen LogP contribution in [0.5, 0.6) is 0 Å². The lowest BCUT2D eigenvalue weighted by atomic mass is 9.96. The van der Waals surface area contributed by atoms with E-state index < -0.39 is 11.9 Å². The van der Waals surface area contributed by atoms with Gasteiger partial charge in [-0.05, 0) is 60.3 Å². The number of aliphatic hydroxyl groups excluding tert-OH is 1. The summed E-state index contributed by atoms with van der Waals surface area (Å²) in [6.07, 6.45) is 8.86. The molecule has 0 saturated heterocycles. The minimum atomic E-state index is -1.41. The highest BCUT2D eigenvalue weighted by Crippen LogP contribution is 2.27. The molecule has 3 nitrogen and oxygen atoms in total. The van der Waals surface area contributed by atoms with Crippen LogP contribution in [0.1, 0.15) is 67.9 Å². The van der Waals surface area contributed by atoms with E-state index in [4.69, 9.17) is 10.2 Å². The van der Waals surface area contributed by atoms with Crippen LogP contribution in [0.3, 0.4) is 0 Å². The highest BCUT2D eigenvalue weighted by molar-refractivity contribution is 7.11. The van der Waals surface area contributed by atoms with Crippen LogP contribution in [0, 0.1) is 0 Å². The zero-order valence-electron chi connectivity index (χ0n) is 17.1.